The van der Waals surface area contributed by atoms with Crippen molar-refractivity contribution in [2.75, 3.05) is 60.0 Å². The zero-order valence-corrected chi connectivity index (χ0v) is 20.4. The van der Waals surface area contributed by atoms with E-state index < -0.39 is 10.0 Å². The van der Waals surface area contributed by atoms with Crippen LogP contribution in [-0.2, 0) is 21.2 Å². The Balaban J connectivity index is 1.83. The summed E-state index contributed by atoms with van der Waals surface area (Å²) in [5.74, 6) is 0.587. The summed E-state index contributed by atoms with van der Waals surface area (Å²) in [5, 5.41) is 0. The molecule has 1 amide bonds. The number of amides is 1. The highest BCUT2D eigenvalue weighted by Gasteiger charge is 2.30. The van der Waals surface area contributed by atoms with Crippen LogP contribution < -0.4 is 9.47 Å². The summed E-state index contributed by atoms with van der Waals surface area (Å²) in [6, 6.07) is 14.1. The van der Waals surface area contributed by atoms with Gasteiger partial charge < -0.3 is 19.3 Å². The smallest absolute Gasteiger partial charge is 0.243 e. The largest absolute Gasteiger partial charge is 0.493 e. The van der Waals surface area contributed by atoms with E-state index in [1.165, 1.54) is 30.7 Å². The molecule has 8 nitrogen and oxygen atoms in total. The number of carbonyl (C=O) groups excluding carboxylic acids is 1. The van der Waals surface area contributed by atoms with Gasteiger partial charge in [-0.05, 0) is 30.7 Å². The molecule has 2 aromatic rings. The van der Waals surface area contributed by atoms with E-state index in [9.17, 15) is 13.2 Å². The van der Waals surface area contributed by atoms with Crippen molar-refractivity contribution < 1.29 is 22.7 Å². The van der Waals surface area contributed by atoms with E-state index in [4.69, 9.17) is 9.47 Å². The first-order chi connectivity index (χ1) is 15.9. The van der Waals surface area contributed by atoms with Gasteiger partial charge in [0.1, 0.15) is 0 Å². The molecule has 33 heavy (non-hydrogen) atoms. The number of nitrogens with zero attached hydrogens (tertiary/aromatic N) is 3. The van der Waals surface area contributed by atoms with Gasteiger partial charge in [-0.25, -0.2) is 8.42 Å². The van der Waals surface area contributed by atoms with Gasteiger partial charge in [-0.3, -0.25) is 4.79 Å². The molecule has 0 aliphatic carbocycles. The normalized spacial score (nSPS) is 15.0. The van der Waals surface area contributed by atoms with Gasteiger partial charge in [-0.2, -0.15) is 4.31 Å². The minimum atomic E-state index is -3.94. The predicted molar refractivity (Wildman–Crippen MR) is 127 cm³/mol. The third-order valence-electron chi connectivity index (χ3n) is 5.97. The Hall–Kier alpha value is -2.62. The van der Waals surface area contributed by atoms with Crippen molar-refractivity contribution in [1.29, 1.82) is 0 Å². The second-order valence-corrected chi connectivity index (χ2v) is 9.84. The molecule has 0 spiro atoms. The molecule has 180 valence electrons. The van der Waals surface area contributed by atoms with Gasteiger partial charge in [0, 0.05) is 38.8 Å². The molecule has 0 bridgehead atoms. The molecule has 1 heterocycles. The Morgan fingerprint density at radius 1 is 0.970 bits per heavy atom. The van der Waals surface area contributed by atoms with Crippen molar-refractivity contribution in [3.63, 3.8) is 0 Å². The third-order valence-corrected chi connectivity index (χ3v) is 7.81. The van der Waals surface area contributed by atoms with Gasteiger partial charge in [0.15, 0.2) is 11.5 Å². The number of piperazine rings is 1. The van der Waals surface area contributed by atoms with Crippen LogP contribution in [0.1, 0.15) is 12.5 Å². The van der Waals surface area contributed by atoms with E-state index in [0.717, 1.165) is 25.2 Å². The highest BCUT2D eigenvalue weighted by atomic mass is 32.2. The quantitative estimate of drug-likeness (QED) is 0.524. The lowest BCUT2D eigenvalue weighted by Crippen LogP contribution is -2.51. The summed E-state index contributed by atoms with van der Waals surface area (Å²) in [5.41, 5.74) is 1.01. The number of hydrogen-bond donors (Lipinski definition) is 0. The number of hydrogen-bond acceptors (Lipinski definition) is 6. The van der Waals surface area contributed by atoms with E-state index in [-0.39, 0.29) is 23.9 Å². The summed E-state index contributed by atoms with van der Waals surface area (Å²) in [4.78, 5) is 17.2. The van der Waals surface area contributed by atoms with Crippen molar-refractivity contribution in [1.82, 2.24) is 14.1 Å². The topological polar surface area (TPSA) is 79.4 Å². The van der Waals surface area contributed by atoms with Crippen LogP contribution in [-0.4, -0.2) is 88.5 Å². The lowest BCUT2D eigenvalue weighted by Gasteiger charge is -2.35. The van der Waals surface area contributed by atoms with Crippen LogP contribution in [0.3, 0.4) is 0 Å². The van der Waals surface area contributed by atoms with E-state index in [1.807, 2.05) is 30.3 Å². The Morgan fingerprint density at radius 3 is 2.24 bits per heavy atom. The second kappa shape index (κ2) is 11.5. The van der Waals surface area contributed by atoms with Crippen molar-refractivity contribution in [2.24, 2.45) is 0 Å². The van der Waals surface area contributed by atoms with Crippen LogP contribution in [0.4, 0.5) is 0 Å². The van der Waals surface area contributed by atoms with E-state index >= 15 is 0 Å². The van der Waals surface area contributed by atoms with Crippen molar-refractivity contribution in [3.8, 4) is 11.5 Å². The Bertz CT molecular complexity index is 1020. The molecule has 9 heteroatoms. The molecule has 1 fully saturated rings. The van der Waals surface area contributed by atoms with Gasteiger partial charge in [0.05, 0.1) is 25.7 Å². The Labute approximate surface area is 196 Å². The summed E-state index contributed by atoms with van der Waals surface area (Å²) in [6.07, 6.45) is 0.504. The average molecular weight is 476 g/mol. The van der Waals surface area contributed by atoms with Crippen LogP contribution in [0.15, 0.2) is 53.4 Å². The maximum absolute atomic E-state index is 13.6. The fraction of sp³-hybridized carbons (Fsp3) is 0.458. The molecule has 0 radical (unpaired) electrons. The van der Waals surface area contributed by atoms with E-state index in [0.29, 0.717) is 31.0 Å². The molecular formula is C24H33N3O5S. The highest BCUT2D eigenvalue weighted by molar-refractivity contribution is 7.89. The van der Waals surface area contributed by atoms with Crippen LogP contribution in [0.25, 0.3) is 0 Å². The monoisotopic (exact) mass is 475 g/mol. The number of rotatable bonds is 10. The lowest BCUT2D eigenvalue weighted by atomic mass is 10.1. The second-order valence-electron chi connectivity index (χ2n) is 7.91. The minimum Gasteiger partial charge on any atom is -0.493 e. The fourth-order valence-corrected chi connectivity index (χ4v) is 5.28. The third kappa shape index (κ3) is 6.25. The van der Waals surface area contributed by atoms with Crippen LogP contribution in [0.2, 0.25) is 0 Å². The lowest BCUT2D eigenvalue weighted by molar-refractivity contribution is -0.133. The SMILES string of the molecule is CCN1CCN(C(=O)CN(CCc2ccccc2)S(=O)(=O)c2ccc(OC)c(OC)c2)CC1. The number of methoxy groups -OCH3 is 2. The molecule has 1 aliphatic rings. The number of likely N-dealkylation sites (N-methyl/N-ethyl adjacent to an activating group) is 1. The molecule has 0 atom stereocenters. The fourth-order valence-electron chi connectivity index (χ4n) is 3.87. The zero-order valence-electron chi connectivity index (χ0n) is 19.6. The maximum Gasteiger partial charge on any atom is 0.243 e. The summed E-state index contributed by atoms with van der Waals surface area (Å²) in [7, 11) is -0.984. The summed E-state index contributed by atoms with van der Waals surface area (Å²) < 4.78 is 39.0. The summed E-state index contributed by atoms with van der Waals surface area (Å²) >= 11 is 0. The number of benzene rings is 2. The first kappa shape index (κ1) is 25.0. The van der Waals surface area contributed by atoms with E-state index in [2.05, 4.69) is 11.8 Å². The van der Waals surface area contributed by atoms with Gasteiger partial charge in [0.25, 0.3) is 0 Å². The molecule has 0 aromatic heterocycles. The van der Waals surface area contributed by atoms with Crippen molar-refractivity contribution in [2.45, 2.75) is 18.2 Å². The first-order valence-corrected chi connectivity index (χ1v) is 12.6. The first-order valence-electron chi connectivity index (χ1n) is 11.1. The molecule has 3 rings (SSSR count). The molecule has 0 N–H and O–H groups in total. The highest BCUT2D eigenvalue weighted by Crippen LogP contribution is 2.30. The van der Waals surface area contributed by atoms with E-state index in [1.54, 1.807) is 11.0 Å². The standard InChI is InChI=1S/C24H33N3O5S/c1-4-25-14-16-26(17-15-25)24(28)19-27(13-12-20-8-6-5-7-9-20)33(29,30)21-10-11-22(31-2)23(18-21)32-3/h5-11,18H,4,12-17,19H2,1-3H3. The van der Waals surface area contributed by atoms with Gasteiger partial charge in [-0.1, -0.05) is 37.3 Å². The van der Waals surface area contributed by atoms with Gasteiger partial charge >= 0.3 is 0 Å². The molecule has 1 saturated heterocycles. The molecule has 0 unspecified atom stereocenters. The van der Waals surface area contributed by atoms with Crippen LogP contribution >= 0.6 is 0 Å². The van der Waals surface area contributed by atoms with Crippen molar-refractivity contribution >= 4 is 15.9 Å². The molecule has 2 aromatic carbocycles. The predicted octanol–water partition coefficient (Wildman–Crippen LogP) is 2.10. The van der Waals surface area contributed by atoms with Crippen LogP contribution in [0, 0.1) is 0 Å². The number of ether oxygens (including phenoxy) is 2. The summed E-state index contributed by atoms with van der Waals surface area (Å²) in [6.45, 7) is 5.85. The Kier molecular flexibility index (Phi) is 8.71. The number of carbonyl (C=O) groups is 1. The maximum atomic E-state index is 13.6. The van der Waals surface area contributed by atoms with Crippen molar-refractivity contribution in [3.05, 3.63) is 54.1 Å². The van der Waals surface area contributed by atoms with Gasteiger partial charge in [-0.15, -0.1) is 0 Å². The van der Waals surface area contributed by atoms with Crippen LogP contribution in [0.5, 0.6) is 11.5 Å². The molecular weight excluding hydrogens is 442 g/mol. The molecule has 1 aliphatic heterocycles. The number of sulfonamides is 1. The van der Waals surface area contributed by atoms with Gasteiger partial charge in [0.2, 0.25) is 15.9 Å². The minimum absolute atomic E-state index is 0.0665. The average Bonchev–Trinajstić information content (AvgIpc) is 2.86. The zero-order chi connectivity index (χ0) is 23.8. The Morgan fingerprint density at radius 2 is 1.64 bits per heavy atom. The molecule has 0 saturated carbocycles.